The van der Waals surface area contributed by atoms with E-state index in [1.165, 1.54) is 7.11 Å². The molecule has 23 heavy (non-hydrogen) atoms. The highest BCUT2D eigenvalue weighted by Gasteiger charge is 2.35. The van der Waals surface area contributed by atoms with Gasteiger partial charge in [-0.05, 0) is 12.1 Å². The highest BCUT2D eigenvalue weighted by atomic mass is 16.5. The summed E-state index contributed by atoms with van der Waals surface area (Å²) in [5.41, 5.74) is 1.33. The van der Waals surface area contributed by atoms with Gasteiger partial charge in [-0.25, -0.2) is 4.98 Å². The molecule has 112 valence electrons. The molecule has 3 aromatic rings. The maximum Gasteiger partial charge on any atom is 0.231 e. The Balaban J connectivity index is 1.91. The third-order valence-electron chi connectivity index (χ3n) is 3.80. The second-order valence-electron chi connectivity index (χ2n) is 5.10. The standard InChI is InChI=1S/C18H11NO4/c1-22-13-9-5-4-8-12(13)18-19-14-15(20)10-6-2-3-7-11(10)16(21)17(14)23-18/h2-9H,1H3. The molecular weight excluding hydrogens is 294 g/mol. The lowest BCUT2D eigenvalue weighted by Gasteiger charge is -2.10. The molecule has 0 amide bonds. The van der Waals surface area contributed by atoms with Crippen LogP contribution in [0.15, 0.2) is 52.9 Å². The molecule has 1 aliphatic carbocycles. The van der Waals surface area contributed by atoms with Crippen molar-refractivity contribution in [1.29, 1.82) is 0 Å². The number of hydrogen-bond acceptors (Lipinski definition) is 5. The van der Waals surface area contributed by atoms with Crippen LogP contribution in [0.5, 0.6) is 5.75 Å². The first-order valence-corrected chi connectivity index (χ1v) is 7.03. The number of aromatic nitrogens is 1. The van der Waals surface area contributed by atoms with Crippen LogP contribution < -0.4 is 4.74 Å². The number of hydrogen-bond donors (Lipinski definition) is 0. The molecule has 5 nitrogen and oxygen atoms in total. The first-order chi connectivity index (χ1) is 11.2. The van der Waals surface area contributed by atoms with Crippen LogP contribution in [-0.4, -0.2) is 23.7 Å². The highest BCUT2D eigenvalue weighted by molar-refractivity contribution is 6.26. The van der Waals surface area contributed by atoms with Crippen LogP contribution in [0.25, 0.3) is 11.5 Å². The van der Waals surface area contributed by atoms with E-state index in [4.69, 9.17) is 9.15 Å². The Morgan fingerprint density at radius 1 is 0.870 bits per heavy atom. The summed E-state index contributed by atoms with van der Waals surface area (Å²) < 4.78 is 10.9. The van der Waals surface area contributed by atoms with E-state index in [1.807, 2.05) is 6.07 Å². The number of para-hydroxylation sites is 1. The number of methoxy groups -OCH3 is 1. The molecule has 0 bridgehead atoms. The predicted molar refractivity (Wildman–Crippen MR) is 81.8 cm³/mol. The summed E-state index contributed by atoms with van der Waals surface area (Å²) in [6.07, 6.45) is 0. The van der Waals surface area contributed by atoms with Crippen LogP contribution in [0, 0.1) is 0 Å². The zero-order valence-electron chi connectivity index (χ0n) is 12.2. The molecule has 5 heteroatoms. The molecule has 0 fully saturated rings. The summed E-state index contributed by atoms with van der Waals surface area (Å²) >= 11 is 0. The van der Waals surface area contributed by atoms with E-state index in [1.54, 1.807) is 42.5 Å². The van der Waals surface area contributed by atoms with Crippen LogP contribution in [0.3, 0.4) is 0 Å². The average molecular weight is 305 g/mol. The Bertz CT molecular complexity index is 903. The molecular formula is C18H11NO4. The van der Waals surface area contributed by atoms with E-state index in [-0.39, 0.29) is 28.9 Å². The van der Waals surface area contributed by atoms with Gasteiger partial charge in [0, 0.05) is 11.1 Å². The van der Waals surface area contributed by atoms with Gasteiger partial charge in [-0.15, -0.1) is 0 Å². The number of carbonyl (C=O) groups excluding carboxylic acids is 2. The quantitative estimate of drug-likeness (QED) is 0.569. The Hall–Kier alpha value is -3.21. The van der Waals surface area contributed by atoms with Crippen LogP contribution >= 0.6 is 0 Å². The predicted octanol–water partition coefficient (Wildman–Crippen LogP) is 3.13. The van der Waals surface area contributed by atoms with E-state index in [9.17, 15) is 9.59 Å². The maximum atomic E-state index is 12.5. The van der Waals surface area contributed by atoms with Gasteiger partial charge in [0.05, 0.1) is 12.7 Å². The first kappa shape index (κ1) is 13.5. The molecule has 1 aromatic heterocycles. The van der Waals surface area contributed by atoms with Gasteiger partial charge in [0.2, 0.25) is 23.2 Å². The highest BCUT2D eigenvalue weighted by Crippen LogP contribution is 2.34. The Morgan fingerprint density at radius 2 is 1.48 bits per heavy atom. The van der Waals surface area contributed by atoms with Crippen molar-refractivity contribution in [1.82, 2.24) is 4.98 Å². The van der Waals surface area contributed by atoms with Crippen molar-refractivity contribution in [3.05, 3.63) is 71.1 Å². The van der Waals surface area contributed by atoms with E-state index in [2.05, 4.69) is 4.98 Å². The van der Waals surface area contributed by atoms with Crippen molar-refractivity contribution >= 4 is 11.6 Å². The minimum Gasteiger partial charge on any atom is -0.496 e. The fourth-order valence-electron chi connectivity index (χ4n) is 2.69. The molecule has 0 aliphatic heterocycles. The Labute approximate surface area is 131 Å². The number of rotatable bonds is 2. The third kappa shape index (κ3) is 1.90. The van der Waals surface area contributed by atoms with Gasteiger partial charge in [-0.2, -0.15) is 0 Å². The molecule has 0 N–H and O–H groups in total. The van der Waals surface area contributed by atoms with Gasteiger partial charge in [-0.3, -0.25) is 9.59 Å². The van der Waals surface area contributed by atoms with Gasteiger partial charge in [0.25, 0.3) is 0 Å². The minimum atomic E-state index is -0.330. The van der Waals surface area contributed by atoms with Crippen LogP contribution in [0.2, 0.25) is 0 Å². The van der Waals surface area contributed by atoms with Crippen molar-refractivity contribution in [3.63, 3.8) is 0 Å². The molecule has 0 atom stereocenters. The molecule has 0 radical (unpaired) electrons. The minimum absolute atomic E-state index is 0.0189. The first-order valence-electron chi connectivity index (χ1n) is 7.03. The van der Waals surface area contributed by atoms with Crippen molar-refractivity contribution in [2.45, 2.75) is 0 Å². The number of benzene rings is 2. The maximum absolute atomic E-state index is 12.5. The normalized spacial score (nSPS) is 12.7. The van der Waals surface area contributed by atoms with Gasteiger partial charge in [0.15, 0.2) is 5.69 Å². The number of fused-ring (bicyclic) bond motifs is 2. The van der Waals surface area contributed by atoms with Crippen LogP contribution in [-0.2, 0) is 0 Å². The van der Waals surface area contributed by atoms with Gasteiger partial charge in [-0.1, -0.05) is 36.4 Å². The zero-order valence-corrected chi connectivity index (χ0v) is 12.2. The number of ketones is 2. The molecule has 0 unspecified atom stereocenters. The Kier molecular flexibility index (Phi) is 2.87. The summed E-state index contributed by atoms with van der Waals surface area (Å²) in [6.45, 7) is 0. The van der Waals surface area contributed by atoms with Gasteiger partial charge >= 0.3 is 0 Å². The lowest BCUT2D eigenvalue weighted by Crippen LogP contribution is -2.19. The van der Waals surface area contributed by atoms with E-state index < -0.39 is 0 Å². The molecule has 4 rings (SSSR count). The smallest absolute Gasteiger partial charge is 0.231 e. The van der Waals surface area contributed by atoms with Crippen molar-refractivity contribution in [2.24, 2.45) is 0 Å². The van der Waals surface area contributed by atoms with E-state index in [0.29, 0.717) is 22.4 Å². The largest absolute Gasteiger partial charge is 0.496 e. The lowest BCUT2D eigenvalue weighted by atomic mass is 9.91. The topological polar surface area (TPSA) is 69.4 Å². The van der Waals surface area contributed by atoms with Crippen molar-refractivity contribution < 1.29 is 18.7 Å². The summed E-state index contributed by atoms with van der Waals surface area (Å²) in [7, 11) is 1.54. The zero-order chi connectivity index (χ0) is 16.0. The number of nitrogens with zero attached hydrogens (tertiary/aromatic N) is 1. The van der Waals surface area contributed by atoms with Crippen molar-refractivity contribution in [3.8, 4) is 17.2 Å². The Morgan fingerprint density at radius 3 is 2.17 bits per heavy atom. The monoisotopic (exact) mass is 305 g/mol. The van der Waals surface area contributed by atoms with Gasteiger partial charge < -0.3 is 9.15 Å². The summed E-state index contributed by atoms with van der Waals surface area (Å²) in [4.78, 5) is 29.3. The fourth-order valence-corrected chi connectivity index (χ4v) is 2.69. The molecule has 1 heterocycles. The SMILES string of the molecule is COc1ccccc1-c1nc2c(o1)C(=O)c1ccccc1C2=O. The fraction of sp³-hybridized carbons (Fsp3) is 0.0556. The van der Waals surface area contributed by atoms with Crippen molar-refractivity contribution in [2.75, 3.05) is 7.11 Å². The summed E-state index contributed by atoms with van der Waals surface area (Å²) in [6, 6.07) is 13.8. The molecule has 2 aromatic carbocycles. The molecule has 1 aliphatic rings. The molecule has 0 spiro atoms. The second kappa shape index (κ2) is 4.91. The molecule has 0 saturated heterocycles. The second-order valence-corrected chi connectivity index (χ2v) is 5.10. The number of carbonyl (C=O) groups is 2. The third-order valence-corrected chi connectivity index (χ3v) is 3.80. The van der Waals surface area contributed by atoms with E-state index >= 15 is 0 Å². The van der Waals surface area contributed by atoms with E-state index in [0.717, 1.165) is 0 Å². The number of ether oxygens (including phenoxy) is 1. The average Bonchev–Trinajstić information content (AvgIpc) is 3.05. The summed E-state index contributed by atoms with van der Waals surface area (Å²) in [5, 5.41) is 0. The lowest BCUT2D eigenvalue weighted by molar-refractivity contribution is 0.0959. The van der Waals surface area contributed by atoms with Crippen LogP contribution in [0.4, 0.5) is 0 Å². The van der Waals surface area contributed by atoms with Crippen LogP contribution in [0.1, 0.15) is 32.2 Å². The molecule has 0 saturated carbocycles. The van der Waals surface area contributed by atoms with Gasteiger partial charge in [0.1, 0.15) is 5.75 Å². The number of oxazole rings is 1. The summed E-state index contributed by atoms with van der Waals surface area (Å²) in [5.74, 6) is 0.101.